The first-order chi connectivity index (χ1) is 11.8. The molecule has 1 amide bonds. The minimum atomic E-state index is -3.20. The monoisotopic (exact) mass is 360 g/mol. The second-order valence-corrected chi connectivity index (χ2v) is 5.70. The maximum absolute atomic E-state index is 13.4. The molecule has 0 aliphatic rings. The fourth-order valence-electron chi connectivity index (χ4n) is 1.86. The van der Waals surface area contributed by atoms with E-state index in [1.807, 2.05) is 6.07 Å². The zero-order chi connectivity index (χ0) is 18.4. The van der Waals surface area contributed by atoms with Crippen molar-refractivity contribution in [2.45, 2.75) is 18.9 Å². The fourth-order valence-corrected chi connectivity index (χ4v) is 2.05. The number of aromatic nitrogens is 1. The van der Waals surface area contributed by atoms with E-state index in [4.69, 9.17) is 11.6 Å². The van der Waals surface area contributed by atoms with Gasteiger partial charge in [0, 0.05) is 22.3 Å². The molecule has 0 aliphatic carbocycles. The normalized spacial score (nSPS) is 11.8. The van der Waals surface area contributed by atoms with Crippen LogP contribution < -0.4 is 5.32 Å². The van der Waals surface area contributed by atoms with Crippen molar-refractivity contribution in [3.63, 3.8) is 0 Å². The highest BCUT2D eigenvalue weighted by Gasteiger charge is 2.33. The predicted octanol–water partition coefficient (Wildman–Crippen LogP) is 4.07. The summed E-state index contributed by atoms with van der Waals surface area (Å²) in [5.41, 5.74) is 1.36. The molecule has 2 rings (SSSR count). The zero-order valence-corrected chi connectivity index (χ0v) is 14.1. The Kier molecular flexibility index (Phi) is 5.89. The lowest BCUT2D eigenvalue weighted by Crippen LogP contribution is -2.44. The van der Waals surface area contributed by atoms with Crippen molar-refractivity contribution in [3.8, 4) is 11.8 Å². The van der Waals surface area contributed by atoms with Crippen LogP contribution in [0.3, 0.4) is 0 Å². The number of alkyl halides is 2. The van der Waals surface area contributed by atoms with E-state index in [0.717, 1.165) is 5.56 Å². The lowest BCUT2D eigenvalue weighted by Gasteiger charge is -2.20. The first-order valence-electron chi connectivity index (χ1n) is 7.38. The van der Waals surface area contributed by atoms with Crippen molar-refractivity contribution in [2.24, 2.45) is 0 Å². The number of carbonyl (C=O) groups is 1. The lowest BCUT2D eigenvalue weighted by atomic mass is 10.1. The van der Waals surface area contributed by atoms with E-state index in [1.54, 1.807) is 24.3 Å². The Labute approximate surface area is 149 Å². The molecule has 1 unspecified atom stereocenters. The Bertz CT molecular complexity index is 838. The maximum atomic E-state index is 13.4. The van der Waals surface area contributed by atoms with Crippen molar-refractivity contribution in [2.75, 3.05) is 0 Å². The van der Waals surface area contributed by atoms with Gasteiger partial charge in [-0.25, -0.2) is 4.98 Å². The topological polar surface area (TPSA) is 42.0 Å². The van der Waals surface area contributed by atoms with E-state index in [-0.39, 0.29) is 5.69 Å². The molecule has 0 radical (unpaired) electrons. The van der Waals surface area contributed by atoms with Gasteiger partial charge in [0.25, 0.3) is 11.8 Å². The van der Waals surface area contributed by atoms with Crippen LogP contribution in [0.5, 0.6) is 0 Å². The molecular formula is C19H15ClF2N2O. The summed E-state index contributed by atoms with van der Waals surface area (Å²) in [4.78, 5) is 15.9. The van der Waals surface area contributed by atoms with Crippen molar-refractivity contribution in [1.82, 2.24) is 10.3 Å². The number of nitrogens with one attached hydrogen (secondary N) is 1. The van der Waals surface area contributed by atoms with Gasteiger partial charge in [-0.1, -0.05) is 36.1 Å². The summed E-state index contributed by atoms with van der Waals surface area (Å²) in [6.07, 6.45) is 1.91. The Hall–Kier alpha value is -2.71. The third-order valence-electron chi connectivity index (χ3n) is 3.37. The number of carbonyl (C=O) groups excluding carboxylic acids is 1. The van der Waals surface area contributed by atoms with E-state index < -0.39 is 17.9 Å². The summed E-state index contributed by atoms with van der Waals surface area (Å²) in [6, 6.07) is 8.71. The summed E-state index contributed by atoms with van der Waals surface area (Å²) in [5, 5.41) is 2.78. The molecule has 0 fully saturated rings. The largest absolute Gasteiger partial charge is 0.342 e. The SMILES string of the molecule is C=CC(F)(F)C(C)NC(=O)c1ccc(C#Cc2cccc(Cl)c2)cn1. The van der Waals surface area contributed by atoms with Crippen LogP contribution in [0.25, 0.3) is 0 Å². The molecule has 0 bridgehead atoms. The molecule has 1 aromatic heterocycles. The molecule has 0 spiro atoms. The van der Waals surface area contributed by atoms with E-state index in [0.29, 0.717) is 16.7 Å². The number of nitrogens with zero attached hydrogens (tertiary/aromatic N) is 1. The third kappa shape index (κ3) is 5.13. The molecule has 6 heteroatoms. The molecular weight excluding hydrogens is 346 g/mol. The number of hydrogen-bond acceptors (Lipinski definition) is 2. The molecule has 0 saturated heterocycles. The summed E-state index contributed by atoms with van der Waals surface area (Å²) in [5.74, 6) is 1.93. The Morgan fingerprint density at radius 3 is 2.64 bits per heavy atom. The van der Waals surface area contributed by atoms with E-state index in [1.165, 1.54) is 19.2 Å². The van der Waals surface area contributed by atoms with Crippen molar-refractivity contribution < 1.29 is 13.6 Å². The van der Waals surface area contributed by atoms with Gasteiger partial charge in [0.2, 0.25) is 0 Å². The van der Waals surface area contributed by atoms with Gasteiger partial charge in [-0.15, -0.1) is 0 Å². The van der Waals surface area contributed by atoms with Gasteiger partial charge in [-0.2, -0.15) is 8.78 Å². The number of pyridine rings is 1. The molecule has 25 heavy (non-hydrogen) atoms. The molecule has 0 aliphatic heterocycles. The van der Waals surface area contributed by atoms with Crippen LogP contribution in [0, 0.1) is 11.8 Å². The average molecular weight is 361 g/mol. The van der Waals surface area contributed by atoms with Crippen molar-refractivity contribution >= 4 is 17.5 Å². The number of halogens is 3. The minimum Gasteiger partial charge on any atom is -0.342 e. The van der Waals surface area contributed by atoms with E-state index in [9.17, 15) is 13.6 Å². The maximum Gasteiger partial charge on any atom is 0.285 e. The van der Waals surface area contributed by atoms with Crippen LogP contribution in [0.1, 0.15) is 28.5 Å². The van der Waals surface area contributed by atoms with E-state index >= 15 is 0 Å². The van der Waals surface area contributed by atoms with Crippen LogP contribution in [-0.2, 0) is 0 Å². The summed E-state index contributed by atoms with van der Waals surface area (Å²) in [7, 11) is 0. The number of benzene rings is 1. The molecule has 1 atom stereocenters. The molecule has 1 N–H and O–H groups in total. The first-order valence-corrected chi connectivity index (χ1v) is 7.75. The second-order valence-electron chi connectivity index (χ2n) is 5.27. The smallest absolute Gasteiger partial charge is 0.285 e. The molecule has 128 valence electrons. The van der Waals surface area contributed by atoms with Crippen molar-refractivity contribution in [3.05, 3.63) is 77.1 Å². The van der Waals surface area contributed by atoms with Gasteiger partial charge in [-0.05, 0) is 43.3 Å². The quantitative estimate of drug-likeness (QED) is 0.659. The van der Waals surface area contributed by atoms with Crippen LogP contribution in [0.4, 0.5) is 8.78 Å². The number of rotatable bonds is 4. The highest BCUT2D eigenvalue weighted by Crippen LogP contribution is 2.19. The molecule has 1 aromatic carbocycles. The van der Waals surface area contributed by atoms with Crippen LogP contribution >= 0.6 is 11.6 Å². The van der Waals surface area contributed by atoms with Gasteiger partial charge in [0.15, 0.2) is 0 Å². The van der Waals surface area contributed by atoms with Crippen LogP contribution in [0.15, 0.2) is 55.3 Å². The highest BCUT2D eigenvalue weighted by atomic mass is 35.5. The average Bonchev–Trinajstić information content (AvgIpc) is 2.60. The third-order valence-corrected chi connectivity index (χ3v) is 3.60. The Balaban J connectivity index is 2.07. The van der Waals surface area contributed by atoms with Gasteiger partial charge < -0.3 is 5.32 Å². The van der Waals surface area contributed by atoms with Crippen molar-refractivity contribution in [1.29, 1.82) is 0 Å². The first kappa shape index (κ1) is 18.6. The Morgan fingerprint density at radius 1 is 1.32 bits per heavy atom. The van der Waals surface area contributed by atoms with Gasteiger partial charge in [0.1, 0.15) is 5.69 Å². The van der Waals surface area contributed by atoms with Gasteiger partial charge >= 0.3 is 0 Å². The lowest BCUT2D eigenvalue weighted by molar-refractivity contribution is 0.0186. The molecule has 2 aromatic rings. The molecule has 0 saturated carbocycles. The standard InChI is InChI=1S/C19H15ClF2N2O/c1-3-19(21,22)13(2)24-18(25)17-10-9-15(12-23-17)8-7-14-5-4-6-16(20)11-14/h3-6,9-13H,1H2,2H3,(H,24,25). The summed E-state index contributed by atoms with van der Waals surface area (Å²) in [6.45, 7) is 4.25. The molecule has 3 nitrogen and oxygen atoms in total. The second kappa shape index (κ2) is 7.91. The number of amides is 1. The predicted molar refractivity (Wildman–Crippen MR) is 93.7 cm³/mol. The zero-order valence-electron chi connectivity index (χ0n) is 13.4. The van der Waals surface area contributed by atoms with Crippen LogP contribution in [0.2, 0.25) is 5.02 Å². The summed E-state index contributed by atoms with van der Waals surface area (Å²) >= 11 is 5.88. The van der Waals surface area contributed by atoms with Gasteiger partial charge in [-0.3, -0.25) is 4.79 Å². The van der Waals surface area contributed by atoms with Gasteiger partial charge in [0.05, 0.1) is 6.04 Å². The number of hydrogen-bond donors (Lipinski definition) is 1. The highest BCUT2D eigenvalue weighted by molar-refractivity contribution is 6.30. The Morgan fingerprint density at radius 2 is 2.04 bits per heavy atom. The fraction of sp³-hybridized carbons (Fsp3) is 0.158. The summed E-state index contributed by atoms with van der Waals surface area (Å²) < 4.78 is 26.8. The minimum absolute atomic E-state index is 0.0278. The molecule has 1 heterocycles. The van der Waals surface area contributed by atoms with E-state index in [2.05, 4.69) is 28.7 Å². The van der Waals surface area contributed by atoms with Crippen LogP contribution in [-0.4, -0.2) is 22.9 Å².